The van der Waals surface area contributed by atoms with Gasteiger partial charge in [0.1, 0.15) is 11.6 Å². The maximum Gasteiger partial charge on any atom is 0.255 e. The van der Waals surface area contributed by atoms with E-state index >= 15 is 0 Å². The Bertz CT molecular complexity index is 1460. The normalized spacial score (nSPS) is 18.2. The van der Waals surface area contributed by atoms with Gasteiger partial charge in [0.25, 0.3) is 5.91 Å². The second-order valence-corrected chi connectivity index (χ2v) is 8.48. The predicted octanol–water partition coefficient (Wildman–Crippen LogP) is 3.26. The first kappa shape index (κ1) is 19.5. The fraction of sp³-hybridized carbons (Fsp3) is 0.200. The largest absolute Gasteiger partial charge is 0.464 e. The van der Waals surface area contributed by atoms with Gasteiger partial charge in [-0.15, -0.1) is 0 Å². The van der Waals surface area contributed by atoms with E-state index < -0.39 is 11.9 Å². The Kier molecular flexibility index (Phi) is 4.23. The standard InChI is InChI=1S/C25H20N4O4/c1-28-23(16-3-6-21-15(11-16)8-9-33-21)19(12-26-28)14-2-4-18-17(10-14)13-29(25(18)32)20-5-7-22(30)27-24(20)31/h2-4,6,8-12,20H,5,7,13H2,1H3,(H,27,30,31). The highest BCUT2D eigenvalue weighted by Gasteiger charge is 2.39. The number of aryl methyl sites for hydroxylation is 1. The predicted molar refractivity (Wildman–Crippen MR) is 120 cm³/mol. The lowest BCUT2D eigenvalue weighted by atomic mass is 9.97. The van der Waals surface area contributed by atoms with Crippen LogP contribution in [-0.2, 0) is 23.2 Å². The summed E-state index contributed by atoms with van der Waals surface area (Å²) in [7, 11) is 1.90. The topological polar surface area (TPSA) is 97.4 Å². The molecule has 1 unspecified atom stereocenters. The van der Waals surface area contributed by atoms with Crippen LogP contribution in [0.5, 0.6) is 0 Å². The number of carbonyl (C=O) groups is 3. The molecule has 0 spiro atoms. The number of carbonyl (C=O) groups excluding carboxylic acids is 3. The molecule has 1 atom stereocenters. The smallest absolute Gasteiger partial charge is 0.255 e. The number of fused-ring (bicyclic) bond motifs is 2. The van der Waals surface area contributed by atoms with Crippen molar-refractivity contribution in [1.82, 2.24) is 20.0 Å². The summed E-state index contributed by atoms with van der Waals surface area (Å²) in [5, 5.41) is 7.84. The molecule has 4 aromatic rings. The first-order valence-electron chi connectivity index (χ1n) is 10.8. The van der Waals surface area contributed by atoms with E-state index in [4.69, 9.17) is 4.42 Å². The highest BCUT2D eigenvalue weighted by atomic mass is 16.3. The van der Waals surface area contributed by atoms with Crippen LogP contribution in [0.15, 0.2) is 59.3 Å². The maximum absolute atomic E-state index is 13.0. The van der Waals surface area contributed by atoms with E-state index in [-0.39, 0.29) is 18.2 Å². The molecule has 33 heavy (non-hydrogen) atoms. The second kappa shape index (κ2) is 7.16. The van der Waals surface area contributed by atoms with Gasteiger partial charge in [-0.1, -0.05) is 6.07 Å². The highest BCUT2D eigenvalue weighted by molar-refractivity contribution is 6.05. The second-order valence-electron chi connectivity index (χ2n) is 8.48. The van der Waals surface area contributed by atoms with Crippen molar-refractivity contribution in [3.05, 3.63) is 66.1 Å². The number of hydrogen-bond donors (Lipinski definition) is 1. The summed E-state index contributed by atoms with van der Waals surface area (Å²) in [6.07, 6.45) is 4.08. The van der Waals surface area contributed by atoms with Crippen LogP contribution >= 0.6 is 0 Å². The molecule has 2 aromatic heterocycles. The van der Waals surface area contributed by atoms with Crippen LogP contribution in [0.3, 0.4) is 0 Å². The fourth-order valence-corrected chi connectivity index (χ4v) is 4.85. The van der Waals surface area contributed by atoms with Gasteiger partial charge in [-0.2, -0.15) is 5.10 Å². The van der Waals surface area contributed by atoms with Gasteiger partial charge in [0.05, 0.1) is 18.2 Å². The molecule has 2 aliphatic rings. The van der Waals surface area contributed by atoms with Gasteiger partial charge in [0.15, 0.2) is 0 Å². The van der Waals surface area contributed by atoms with Crippen molar-refractivity contribution in [3.63, 3.8) is 0 Å². The number of rotatable bonds is 3. The summed E-state index contributed by atoms with van der Waals surface area (Å²) in [6, 6.07) is 13.1. The maximum atomic E-state index is 13.0. The molecule has 2 aromatic carbocycles. The van der Waals surface area contributed by atoms with Gasteiger partial charge in [0.2, 0.25) is 11.8 Å². The van der Waals surface area contributed by atoms with E-state index in [1.807, 2.05) is 54.3 Å². The summed E-state index contributed by atoms with van der Waals surface area (Å²) >= 11 is 0. The van der Waals surface area contributed by atoms with Crippen LogP contribution in [-0.4, -0.2) is 38.4 Å². The molecule has 8 heteroatoms. The summed E-state index contributed by atoms with van der Waals surface area (Å²) in [5.41, 5.74) is 6.16. The van der Waals surface area contributed by atoms with E-state index in [0.717, 1.165) is 38.9 Å². The quantitative estimate of drug-likeness (QED) is 0.493. The molecular formula is C25H20N4O4. The summed E-state index contributed by atoms with van der Waals surface area (Å²) in [5.74, 6) is -0.875. The van der Waals surface area contributed by atoms with E-state index in [2.05, 4.69) is 16.5 Å². The fourth-order valence-electron chi connectivity index (χ4n) is 4.85. The molecule has 3 amide bonds. The Labute approximate surface area is 188 Å². The number of amides is 3. The Balaban J connectivity index is 1.36. The van der Waals surface area contributed by atoms with E-state index in [0.29, 0.717) is 18.5 Å². The van der Waals surface area contributed by atoms with Crippen LogP contribution in [0.2, 0.25) is 0 Å². The summed E-state index contributed by atoms with van der Waals surface area (Å²) in [6.45, 7) is 0.338. The first-order chi connectivity index (χ1) is 16.0. The number of nitrogens with one attached hydrogen (secondary N) is 1. The Morgan fingerprint density at radius 2 is 1.88 bits per heavy atom. The van der Waals surface area contributed by atoms with Crippen molar-refractivity contribution < 1.29 is 18.8 Å². The molecule has 164 valence electrons. The van der Waals surface area contributed by atoms with E-state index in [1.54, 1.807) is 11.2 Å². The van der Waals surface area contributed by atoms with Crippen molar-refractivity contribution >= 4 is 28.7 Å². The third kappa shape index (κ3) is 3.06. The van der Waals surface area contributed by atoms with Crippen molar-refractivity contribution in [2.45, 2.75) is 25.4 Å². The molecule has 6 rings (SSSR count). The number of imide groups is 1. The minimum atomic E-state index is -0.623. The lowest BCUT2D eigenvalue weighted by molar-refractivity contribution is -0.136. The van der Waals surface area contributed by atoms with Crippen LogP contribution < -0.4 is 5.32 Å². The molecule has 0 radical (unpaired) electrons. The number of aromatic nitrogens is 2. The molecular weight excluding hydrogens is 420 g/mol. The monoisotopic (exact) mass is 440 g/mol. The Morgan fingerprint density at radius 3 is 2.73 bits per heavy atom. The molecule has 0 aliphatic carbocycles. The van der Waals surface area contributed by atoms with Crippen molar-refractivity contribution in [3.8, 4) is 22.4 Å². The van der Waals surface area contributed by atoms with E-state index in [9.17, 15) is 14.4 Å². The van der Waals surface area contributed by atoms with Gasteiger partial charge >= 0.3 is 0 Å². The summed E-state index contributed by atoms with van der Waals surface area (Å²) < 4.78 is 7.30. The van der Waals surface area contributed by atoms with Crippen LogP contribution in [0, 0.1) is 0 Å². The van der Waals surface area contributed by atoms with Crippen LogP contribution in [0.1, 0.15) is 28.8 Å². The molecule has 8 nitrogen and oxygen atoms in total. The molecule has 1 fully saturated rings. The van der Waals surface area contributed by atoms with Gasteiger partial charge in [0, 0.05) is 42.1 Å². The lowest BCUT2D eigenvalue weighted by Gasteiger charge is -2.29. The highest BCUT2D eigenvalue weighted by Crippen LogP contribution is 2.36. The molecule has 0 saturated carbocycles. The lowest BCUT2D eigenvalue weighted by Crippen LogP contribution is -2.52. The average Bonchev–Trinajstić information content (AvgIpc) is 3.50. The molecule has 1 saturated heterocycles. The third-order valence-electron chi connectivity index (χ3n) is 6.50. The zero-order valence-electron chi connectivity index (χ0n) is 17.9. The van der Waals surface area contributed by atoms with Crippen LogP contribution in [0.25, 0.3) is 33.4 Å². The molecule has 4 heterocycles. The van der Waals surface area contributed by atoms with Crippen LogP contribution in [0.4, 0.5) is 0 Å². The zero-order valence-corrected chi connectivity index (χ0v) is 17.9. The first-order valence-corrected chi connectivity index (χ1v) is 10.8. The zero-order chi connectivity index (χ0) is 22.7. The SMILES string of the molecule is Cn1ncc(-c2ccc3c(c2)CN(C2CCC(=O)NC2=O)C3=O)c1-c1ccc2occc2c1. The molecule has 1 N–H and O–H groups in total. The number of furan rings is 1. The minimum Gasteiger partial charge on any atom is -0.464 e. The van der Waals surface area contributed by atoms with Crippen molar-refractivity contribution in [2.75, 3.05) is 0 Å². The van der Waals surface area contributed by atoms with Crippen molar-refractivity contribution in [2.24, 2.45) is 7.05 Å². The Hall–Kier alpha value is -4.20. The molecule has 2 aliphatic heterocycles. The minimum absolute atomic E-state index is 0.178. The van der Waals surface area contributed by atoms with Gasteiger partial charge in [-0.3, -0.25) is 24.4 Å². The number of nitrogens with zero attached hydrogens (tertiary/aromatic N) is 3. The Morgan fingerprint density at radius 1 is 1.03 bits per heavy atom. The van der Waals surface area contributed by atoms with Crippen molar-refractivity contribution in [1.29, 1.82) is 0 Å². The van der Waals surface area contributed by atoms with Gasteiger partial charge < -0.3 is 9.32 Å². The van der Waals surface area contributed by atoms with Gasteiger partial charge in [-0.25, -0.2) is 0 Å². The summed E-state index contributed by atoms with van der Waals surface area (Å²) in [4.78, 5) is 38.4. The number of benzene rings is 2. The number of piperidine rings is 1. The molecule has 0 bridgehead atoms. The van der Waals surface area contributed by atoms with E-state index in [1.165, 1.54) is 0 Å². The van der Waals surface area contributed by atoms with Gasteiger partial charge in [-0.05, 0) is 53.9 Å². The number of hydrogen-bond acceptors (Lipinski definition) is 5. The third-order valence-corrected chi connectivity index (χ3v) is 6.50. The average molecular weight is 440 g/mol.